The summed E-state index contributed by atoms with van der Waals surface area (Å²) < 4.78 is 18.2. The van der Waals surface area contributed by atoms with Crippen LogP contribution in [0.3, 0.4) is 0 Å². The minimum Gasteiger partial charge on any atom is -0.508 e. The third-order valence-corrected chi connectivity index (χ3v) is 4.78. The van der Waals surface area contributed by atoms with E-state index in [4.69, 9.17) is 14.2 Å². The topological polar surface area (TPSA) is 90.1 Å². The van der Waals surface area contributed by atoms with Crippen molar-refractivity contribution in [2.24, 2.45) is 0 Å². The zero-order valence-electron chi connectivity index (χ0n) is 16.9. The number of phenols is 1. The monoisotopic (exact) mass is 406 g/mol. The predicted molar refractivity (Wildman–Crippen MR) is 114 cm³/mol. The van der Waals surface area contributed by atoms with Gasteiger partial charge < -0.3 is 24.6 Å². The smallest absolute Gasteiger partial charge is 0.203 e. The second kappa shape index (κ2) is 8.20. The third-order valence-electron chi connectivity index (χ3n) is 4.78. The van der Waals surface area contributed by atoms with E-state index in [1.807, 2.05) is 34.9 Å². The molecular formula is C22H22N4O4. The zero-order valence-corrected chi connectivity index (χ0v) is 16.9. The summed E-state index contributed by atoms with van der Waals surface area (Å²) in [5.74, 6) is 2.61. The number of benzene rings is 2. The number of hydrogen-bond donors (Lipinski definition) is 2. The molecule has 30 heavy (non-hydrogen) atoms. The fourth-order valence-electron chi connectivity index (χ4n) is 3.31. The maximum absolute atomic E-state index is 9.53. The number of fused-ring (bicyclic) bond motifs is 1. The van der Waals surface area contributed by atoms with Crippen molar-refractivity contribution in [1.82, 2.24) is 14.4 Å². The van der Waals surface area contributed by atoms with Gasteiger partial charge in [0.1, 0.15) is 5.75 Å². The molecule has 0 saturated carbocycles. The van der Waals surface area contributed by atoms with Gasteiger partial charge in [-0.15, -0.1) is 0 Å². The average Bonchev–Trinajstić information content (AvgIpc) is 3.22. The minimum atomic E-state index is 0.224. The van der Waals surface area contributed by atoms with Gasteiger partial charge in [-0.3, -0.25) is 4.40 Å². The van der Waals surface area contributed by atoms with Gasteiger partial charge in [-0.1, -0.05) is 0 Å². The second-order valence-corrected chi connectivity index (χ2v) is 6.55. The molecule has 0 unspecified atom stereocenters. The Morgan fingerprint density at radius 2 is 1.67 bits per heavy atom. The highest BCUT2D eigenvalue weighted by Gasteiger charge is 2.14. The highest BCUT2D eigenvalue weighted by Crippen LogP contribution is 2.38. The first-order chi connectivity index (χ1) is 14.6. The Kier molecular flexibility index (Phi) is 5.30. The number of aromatic hydroxyl groups is 1. The van der Waals surface area contributed by atoms with E-state index < -0.39 is 0 Å². The number of ether oxygens (including phenoxy) is 3. The number of nitrogens with zero attached hydrogens (tertiary/aromatic N) is 3. The Bertz CT molecular complexity index is 1150. The fourth-order valence-corrected chi connectivity index (χ4v) is 3.31. The lowest BCUT2D eigenvalue weighted by molar-refractivity contribution is 0.324. The van der Waals surface area contributed by atoms with Crippen molar-refractivity contribution in [2.45, 2.75) is 6.54 Å². The summed E-state index contributed by atoms with van der Waals surface area (Å²) in [5, 5.41) is 12.9. The average molecular weight is 406 g/mol. The molecule has 8 heteroatoms. The summed E-state index contributed by atoms with van der Waals surface area (Å²) in [5.41, 5.74) is 3.50. The van der Waals surface area contributed by atoms with E-state index in [-0.39, 0.29) is 5.75 Å². The molecular weight excluding hydrogens is 384 g/mol. The van der Waals surface area contributed by atoms with E-state index in [1.165, 1.54) is 0 Å². The van der Waals surface area contributed by atoms with Gasteiger partial charge in [-0.2, -0.15) is 0 Å². The third kappa shape index (κ3) is 3.55. The van der Waals surface area contributed by atoms with E-state index in [0.717, 1.165) is 16.8 Å². The van der Waals surface area contributed by atoms with E-state index in [0.29, 0.717) is 35.3 Å². The van der Waals surface area contributed by atoms with Crippen LogP contribution >= 0.6 is 0 Å². The first-order valence-corrected chi connectivity index (χ1v) is 9.28. The van der Waals surface area contributed by atoms with Crippen LogP contribution in [-0.2, 0) is 6.54 Å². The molecule has 0 atom stereocenters. The summed E-state index contributed by atoms with van der Waals surface area (Å²) in [6.07, 6.45) is 5.36. The van der Waals surface area contributed by atoms with Crippen LogP contribution in [0.1, 0.15) is 5.56 Å². The van der Waals surface area contributed by atoms with Crippen molar-refractivity contribution >= 4 is 11.5 Å². The molecule has 2 aromatic carbocycles. The zero-order chi connectivity index (χ0) is 21.1. The van der Waals surface area contributed by atoms with Crippen LogP contribution in [-0.4, -0.2) is 40.8 Å². The predicted octanol–water partition coefficient (Wildman–Crippen LogP) is 3.74. The molecule has 0 radical (unpaired) electrons. The molecule has 0 aliphatic heterocycles. The van der Waals surface area contributed by atoms with Gasteiger partial charge in [0.15, 0.2) is 23.0 Å². The number of phenolic OH excluding ortho intramolecular Hbond substituents is 1. The molecule has 4 aromatic rings. The van der Waals surface area contributed by atoms with E-state index >= 15 is 0 Å². The first-order valence-electron chi connectivity index (χ1n) is 9.28. The van der Waals surface area contributed by atoms with E-state index in [1.54, 1.807) is 45.9 Å². The van der Waals surface area contributed by atoms with Crippen molar-refractivity contribution in [1.29, 1.82) is 0 Å². The molecule has 0 aliphatic carbocycles. The van der Waals surface area contributed by atoms with Gasteiger partial charge in [0.05, 0.1) is 33.2 Å². The lowest BCUT2D eigenvalue weighted by Gasteiger charge is -2.14. The lowest BCUT2D eigenvalue weighted by atomic mass is 10.1. The first kappa shape index (κ1) is 19.4. The summed E-state index contributed by atoms with van der Waals surface area (Å²) in [7, 11) is 4.76. The Hall–Kier alpha value is -3.94. The molecule has 2 N–H and O–H groups in total. The normalized spacial score (nSPS) is 10.8. The molecule has 0 spiro atoms. The standard InChI is InChI=1S/C22H22N4O4/c1-28-18-10-14(11-19(29-2)20(18)30-3)12-24-21-22-25-13-17(26(22)9-8-23-21)15-4-6-16(27)7-5-15/h4-11,13,27H,12H2,1-3H3,(H,23,24). The van der Waals surface area contributed by atoms with Gasteiger partial charge in [-0.05, 0) is 42.0 Å². The molecule has 0 saturated heterocycles. The largest absolute Gasteiger partial charge is 0.508 e. The maximum atomic E-state index is 9.53. The Morgan fingerprint density at radius 3 is 2.30 bits per heavy atom. The Morgan fingerprint density at radius 1 is 0.967 bits per heavy atom. The molecule has 0 amide bonds. The SMILES string of the molecule is COc1cc(CNc2nccn3c(-c4ccc(O)cc4)cnc23)cc(OC)c1OC. The van der Waals surface area contributed by atoms with Gasteiger partial charge in [0, 0.05) is 24.5 Å². The Labute approximate surface area is 173 Å². The molecule has 2 aromatic heterocycles. The Balaban J connectivity index is 1.63. The number of imidazole rings is 1. The number of methoxy groups -OCH3 is 3. The van der Waals surface area contributed by atoms with Gasteiger partial charge in [-0.25, -0.2) is 9.97 Å². The van der Waals surface area contributed by atoms with Gasteiger partial charge in [0.2, 0.25) is 5.75 Å². The second-order valence-electron chi connectivity index (χ2n) is 6.55. The van der Waals surface area contributed by atoms with Gasteiger partial charge >= 0.3 is 0 Å². The van der Waals surface area contributed by atoms with Crippen molar-refractivity contribution in [3.8, 4) is 34.3 Å². The van der Waals surface area contributed by atoms with Crippen molar-refractivity contribution in [2.75, 3.05) is 26.6 Å². The number of hydrogen-bond acceptors (Lipinski definition) is 7. The van der Waals surface area contributed by atoms with Crippen LogP contribution in [0.5, 0.6) is 23.0 Å². The quantitative estimate of drug-likeness (QED) is 0.483. The summed E-state index contributed by atoms with van der Waals surface area (Å²) in [4.78, 5) is 8.97. The highest BCUT2D eigenvalue weighted by atomic mass is 16.5. The molecule has 0 bridgehead atoms. The summed E-state index contributed by atoms with van der Waals surface area (Å²) in [6.45, 7) is 0.491. The fraction of sp³-hybridized carbons (Fsp3) is 0.182. The minimum absolute atomic E-state index is 0.224. The molecule has 4 rings (SSSR count). The summed E-state index contributed by atoms with van der Waals surface area (Å²) in [6, 6.07) is 10.8. The van der Waals surface area contributed by atoms with Crippen LogP contribution in [0.15, 0.2) is 55.0 Å². The number of anilines is 1. The van der Waals surface area contributed by atoms with Crippen LogP contribution in [0.25, 0.3) is 16.9 Å². The molecule has 8 nitrogen and oxygen atoms in total. The van der Waals surface area contributed by atoms with Crippen molar-refractivity contribution in [3.05, 3.63) is 60.6 Å². The lowest BCUT2D eigenvalue weighted by Crippen LogP contribution is -2.05. The van der Waals surface area contributed by atoms with Crippen LogP contribution in [0.4, 0.5) is 5.82 Å². The molecule has 154 valence electrons. The maximum Gasteiger partial charge on any atom is 0.203 e. The molecule has 0 fully saturated rings. The van der Waals surface area contributed by atoms with E-state index in [2.05, 4.69) is 15.3 Å². The van der Waals surface area contributed by atoms with Crippen LogP contribution < -0.4 is 19.5 Å². The van der Waals surface area contributed by atoms with Crippen molar-refractivity contribution < 1.29 is 19.3 Å². The number of rotatable bonds is 7. The van der Waals surface area contributed by atoms with Gasteiger partial charge in [0.25, 0.3) is 0 Å². The van der Waals surface area contributed by atoms with Crippen molar-refractivity contribution in [3.63, 3.8) is 0 Å². The summed E-state index contributed by atoms with van der Waals surface area (Å²) >= 11 is 0. The molecule has 0 aliphatic rings. The highest BCUT2D eigenvalue weighted by molar-refractivity contribution is 5.71. The number of nitrogens with one attached hydrogen (secondary N) is 1. The van der Waals surface area contributed by atoms with Crippen LogP contribution in [0, 0.1) is 0 Å². The van der Waals surface area contributed by atoms with Crippen LogP contribution in [0.2, 0.25) is 0 Å². The van der Waals surface area contributed by atoms with E-state index in [9.17, 15) is 5.11 Å². The number of aromatic nitrogens is 3. The molecule has 2 heterocycles.